The zero-order valence-corrected chi connectivity index (χ0v) is 15.0. The van der Waals surface area contributed by atoms with E-state index in [1.807, 2.05) is 0 Å². The van der Waals surface area contributed by atoms with Crippen LogP contribution in [0.2, 0.25) is 0 Å². The number of fused-ring (bicyclic) bond motifs is 9. The van der Waals surface area contributed by atoms with Gasteiger partial charge < -0.3 is 9.47 Å². The van der Waals surface area contributed by atoms with Gasteiger partial charge in [-0.2, -0.15) is 0 Å². The predicted molar refractivity (Wildman–Crippen MR) is 91.3 cm³/mol. The van der Waals surface area contributed by atoms with Crippen molar-refractivity contribution >= 4 is 11.9 Å². The summed E-state index contributed by atoms with van der Waals surface area (Å²) in [7, 11) is 1.52. The van der Waals surface area contributed by atoms with Crippen molar-refractivity contribution in [1.29, 1.82) is 0 Å². The van der Waals surface area contributed by atoms with E-state index in [0.717, 1.165) is 32.1 Å². The third-order valence-electron chi connectivity index (χ3n) is 8.17. The molecule has 4 bridgehead atoms. The van der Waals surface area contributed by atoms with Gasteiger partial charge in [0.1, 0.15) is 6.10 Å². The third-order valence-corrected chi connectivity index (χ3v) is 8.17. The first-order valence-corrected chi connectivity index (χ1v) is 10.1. The molecule has 0 radical (unpaired) electrons. The Kier molecular flexibility index (Phi) is 3.55. The molecule has 5 rings (SSSR count). The minimum absolute atomic E-state index is 0.00228. The molecule has 5 aliphatic carbocycles. The van der Waals surface area contributed by atoms with Crippen molar-refractivity contribution < 1.29 is 19.1 Å². The fourth-order valence-corrected chi connectivity index (χ4v) is 7.39. The van der Waals surface area contributed by atoms with Crippen molar-refractivity contribution in [3.8, 4) is 0 Å². The van der Waals surface area contributed by atoms with Gasteiger partial charge in [-0.05, 0) is 74.5 Å². The van der Waals surface area contributed by atoms with Crippen molar-refractivity contribution in [2.45, 2.75) is 57.5 Å². The first kappa shape index (κ1) is 15.9. The zero-order chi connectivity index (χ0) is 17.2. The van der Waals surface area contributed by atoms with Crippen LogP contribution in [0.3, 0.4) is 0 Å². The number of allylic oxidation sites excluding steroid dienone is 2. The maximum absolute atomic E-state index is 12.9. The second-order valence-corrected chi connectivity index (χ2v) is 8.98. The summed E-state index contributed by atoms with van der Waals surface area (Å²) in [5.41, 5.74) is -0.347. The highest BCUT2D eigenvalue weighted by molar-refractivity contribution is 5.82. The summed E-state index contributed by atoms with van der Waals surface area (Å²) >= 11 is 0. The molecule has 4 heteroatoms. The quantitative estimate of drug-likeness (QED) is 0.447. The van der Waals surface area contributed by atoms with E-state index in [-0.39, 0.29) is 35.3 Å². The molecule has 25 heavy (non-hydrogen) atoms. The van der Waals surface area contributed by atoms with E-state index in [9.17, 15) is 9.59 Å². The Labute approximate surface area is 149 Å². The molecule has 7 unspecified atom stereocenters. The summed E-state index contributed by atoms with van der Waals surface area (Å²) in [5.74, 6) is 1.65. The third kappa shape index (κ3) is 2.00. The lowest BCUT2D eigenvalue weighted by molar-refractivity contribution is -0.170. The van der Waals surface area contributed by atoms with Gasteiger partial charge in [0.15, 0.2) is 0 Å². The number of rotatable bonds is 3. The minimum Gasteiger partial charge on any atom is -0.469 e. The van der Waals surface area contributed by atoms with Crippen LogP contribution in [0.5, 0.6) is 0 Å². The standard InChI is InChI=1S/C21H28O4/c1-24-20(23)21-13-8-7-12(9-13)18(21)16-10-14(21)11-17(16)19(22)25-15-5-3-2-4-6-15/h7-8,12-18H,2-6,9-11H2,1H3. The van der Waals surface area contributed by atoms with Crippen LogP contribution in [0.25, 0.3) is 0 Å². The highest BCUT2D eigenvalue weighted by Gasteiger charge is 2.74. The van der Waals surface area contributed by atoms with E-state index in [1.54, 1.807) is 0 Å². The van der Waals surface area contributed by atoms with Crippen LogP contribution in [-0.2, 0) is 19.1 Å². The fourth-order valence-electron chi connectivity index (χ4n) is 7.39. The van der Waals surface area contributed by atoms with E-state index in [0.29, 0.717) is 23.7 Å². The van der Waals surface area contributed by atoms with Gasteiger partial charge in [0.25, 0.3) is 0 Å². The molecule has 0 N–H and O–H groups in total. The molecule has 0 aromatic carbocycles. The molecule has 4 fully saturated rings. The Hall–Kier alpha value is -1.32. The van der Waals surface area contributed by atoms with Crippen molar-refractivity contribution in [2.75, 3.05) is 7.11 Å². The second kappa shape index (κ2) is 5.59. The van der Waals surface area contributed by atoms with Crippen LogP contribution in [0.4, 0.5) is 0 Å². The molecule has 0 amide bonds. The van der Waals surface area contributed by atoms with Crippen molar-refractivity contribution in [3.63, 3.8) is 0 Å². The number of methoxy groups -OCH3 is 1. The summed E-state index contributed by atoms with van der Waals surface area (Å²) in [6.45, 7) is 0. The Balaban J connectivity index is 1.38. The molecule has 0 heterocycles. The van der Waals surface area contributed by atoms with Gasteiger partial charge in [-0.3, -0.25) is 9.59 Å². The smallest absolute Gasteiger partial charge is 0.312 e. The molecule has 7 atom stereocenters. The highest BCUT2D eigenvalue weighted by Crippen LogP contribution is 2.74. The van der Waals surface area contributed by atoms with Crippen LogP contribution >= 0.6 is 0 Å². The molecule has 136 valence electrons. The van der Waals surface area contributed by atoms with E-state index in [2.05, 4.69) is 12.2 Å². The maximum Gasteiger partial charge on any atom is 0.312 e. The van der Waals surface area contributed by atoms with Crippen LogP contribution in [0.1, 0.15) is 51.4 Å². The normalized spacial score (nSPS) is 47.1. The molecular formula is C21H28O4. The van der Waals surface area contributed by atoms with Gasteiger partial charge in [-0.15, -0.1) is 0 Å². The Morgan fingerprint density at radius 1 is 1.04 bits per heavy atom. The van der Waals surface area contributed by atoms with Crippen molar-refractivity contribution in [3.05, 3.63) is 12.2 Å². The van der Waals surface area contributed by atoms with Gasteiger partial charge >= 0.3 is 11.9 Å². The molecule has 0 aliphatic heterocycles. The van der Waals surface area contributed by atoms with Crippen LogP contribution < -0.4 is 0 Å². The molecule has 4 saturated carbocycles. The van der Waals surface area contributed by atoms with Gasteiger partial charge in [-0.1, -0.05) is 18.6 Å². The second-order valence-electron chi connectivity index (χ2n) is 8.98. The highest BCUT2D eigenvalue weighted by atomic mass is 16.5. The molecular weight excluding hydrogens is 316 g/mol. The molecule has 0 saturated heterocycles. The monoisotopic (exact) mass is 344 g/mol. The Morgan fingerprint density at radius 3 is 2.60 bits per heavy atom. The molecule has 0 aromatic heterocycles. The van der Waals surface area contributed by atoms with Gasteiger partial charge in [-0.25, -0.2) is 0 Å². The fraction of sp³-hybridized carbons (Fsp3) is 0.810. The summed E-state index contributed by atoms with van der Waals surface area (Å²) < 4.78 is 11.2. The Morgan fingerprint density at radius 2 is 1.84 bits per heavy atom. The predicted octanol–water partition coefficient (Wildman–Crippen LogP) is 3.50. The van der Waals surface area contributed by atoms with E-state index in [1.165, 1.54) is 26.4 Å². The number of hydrogen-bond donors (Lipinski definition) is 0. The van der Waals surface area contributed by atoms with E-state index >= 15 is 0 Å². The lowest BCUT2D eigenvalue weighted by atomic mass is 9.58. The SMILES string of the molecule is COC(=O)C12C3C=CC(C3)C1C1CC2CC1C(=O)OC1CCCCC1. The summed E-state index contributed by atoms with van der Waals surface area (Å²) in [6.07, 6.45) is 13.2. The largest absolute Gasteiger partial charge is 0.469 e. The molecule has 0 spiro atoms. The number of carbonyl (C=O) groups is 2. The number of esters is 2. The number of carbonyl (C=O) groups excluding carboxylic acids is 2. The van der Waals surface area contributed by atoms with Crippen molar-refractivity contribution in [1.82, 2.24) is 0 Å². The molecule has 4 nitrogen and oxygen atoms in total. The lowest BCUT2D eigenvalue weighted by Crippen LogP contribution is -2.50. The molecule has 0 aromatic rings. The number of hydrogen-bond acceptors (Lipinski definition) is 4. The zero-order valence-electron chi connectivity index (χ0n) is 15.0. The maximum atomic E-state index is 12.9. The summed E-state index contributed by atoms with van der Waals surface area (Å²) in [5, 5.41) is 0. The average Bonchev–Trinajstić information content (AvgIpc) is 3.39. The number of ether oxygens (including phenoxy) is 2. The lowest BCUT2D eigenvalue weighted by Gasteiger charge is -2.44. The van der Waals surface area contributed by atoms with Gasteiger partial charge in [0.2, 0.25) is 0 Å². The summed E-state index contributed by atoms with van der Waals surface area (Å²) in [4.78, 5) is 25.7. The van der Waals surface area contributed by atoms with E-state index < -0.39 is 0 Å². The topological polar surface area (TPSA) is 52.6 Å². The Bertz CT molecular complexity index is 619. The average molecular weight is 344 g/mol. The van der Waals surface area contributed by atoms with Crippen LogP contribution in [-0.4, -0.2) is 25.2 Å². The minimum atomic E-state index is -0.347. The van der Waals surface area contributed by atoms with E-state index in [4.69, 9.17) is 9.47 Å². The molecule has 5 aliphatic rings. The first-order valence-electron chi connectivity index (χ1n) is 10.1. The first-order chi connectivity index (χ1) is 12.2. The van der Waals surface area contributed by atoms with Crippen LogP contribution in [0.15, 0.2) is 12.2 Å². The van der Waals surface area contributed by atoms with Crippen LogP contribution in [0, 0.1) is 40.9 Å². The van der Waals surface area contributed by atoms with Gasteiger partial charge in [0, 0.05) is 0 Å². The van der Waals surface area contributed by atoms with Gasteiger partial charge in [0.05, 0.1) is 18.4 Å². The van der Waals surface area contributed by atoms with Crippen molar-refractivity contribution in [2.24, 2.45) is 40.9 Å². The summed E-state index contributed by atoms with van der Waals surface area (Å²) in [6, 6.07) is 0.